The Morgan fingerprint density at radius 3 is 1.95 bits per heavy atom. The van der Waals surface area contributed by atoms with Crippen LogP contribution in [0.15, 0.2) is 29.3 Å². The SMILES string of the molecule is CC(N)C(=O)NC(CCCN=C(N)N)C(=O)NC(Cc1ccc(O)cc1)C(=O)NC(CC(N)=O)C(=O)O. The molecule has 13 N–H and O–H groups in total. The van der Waals surface area contributed by atoms with Gasteiger partial charge in [-0.15, -0.1) is 0 Å². The van der Waals surface area contributed by atoms with Crippen molar-refractivity contribution in [3.8, 4) is 5.75 Å². The number of phenols is 1. The van der Waals surface area contributed by atoms with Gasteiger partial charge in [0.15, 0.2) is 5.96 Å². The highest BCUT2D eigenvalue weighted by Crippen LogP contribution is 2.12. The van der Waals surface area contributed by atoms with Crippen molar-refractivity contribution in [2.45, 2.75) is 56.8 Å². The van der Waals surface area contributed by atoms with Gasteiger partial charge in [0, 0.05) is 13.0 Å². The van der Waals surface area contributed by atoms with Gasteiger partial charge in [-0.1, -0.05) is 12.1 Å². The van der Waals surface area contributed by atoms with E-state index in [0.717, 1.165) is 0 Å². The Hall–Kier alpha value is -4.40. The lowest BCUT2D eigenvalue weighted by Gasteiger charge is -2.25. The average molecular weight is 523 g/mol. The Morgan fingerprint density at radius 2 is 1.43 bits per heavy atom. The van der Waals surface area contributed by atoms with Crippen molar-refractivity contribution in [1.29, 1.82) is 0 Å². The topological polar surface area (TPSA) is 278 Å². The molecule has 204 valence electrons. The maximum Gasteiger partial charge on any atom is 0.326 e. The number of phenolic OH excluding ortho intramolecular Hbond substituents is 1. The number of guanidine groups is 1. The van der Waals surface area contributed by atoms with E-state index in [1.165, 1.54) is 31.2 Å². The number of carbonyl (C=O) groups is 5. The van der Waals surface area contributed by atoms with Crippen molar-refractivity contribution in [1.82, 2.24) is 16.0 Å². The second-order valence-corrected chi connectivity index (χ2v) is 8.30. The molecular weight excluding hydrogens is 488 g/mol. The lowest BCUT2D eigenvalue weighted by atomic mass is 10.0. The molecule has 0 aromatic heterocycles. The number of carboxylic acids is 1. The minimum Gasteiger partial charge on any atom is -0.508 e. The van der Waals surface area contributed by atoms with Crippen LogP contribution in [-0.4, -0.2) is 76.5 Å². The fourth-order valence-electron chi connectivity index (χ4n) is 3.10. The molecule has 0 aliphatic rings. The number of hydrogen-bond donors (Lipinski definition) is 9. The number of amides is 4. The number of benzene rings is 1. The molecule has 37 heavy (non-hydrogen) atoms. The van der Waals surface area contributed by atoms with Crippen molar-refractivity contribution in [2.75, 3.05) is 6.54 Å². The number of hydrogen-bond acceptors (Lipinski definition) is 8. The Bertz CT molecular complexity index is 993. The highest BCUT2D eigenvalue weighted by atomic mass is 16.4. The third-order valence-electron chi connectivity index (χ3n) is 5.02. The molecule has 0 aliphatic carbocycles. The molecule has 0 spiro atoms. The monoisotopic (exact) mass is 522 g/mol. The molecule has 4 atom stereocenters. The maximum atomic E-state index is 13.1. The predicted octanol–water partition coefficient (Wildman–Crippen LogP) is -3.25. The Labute approximate surface area is 213 Å². The summed E-state index contributed by atoms with van der Waals surface area (Å²) in [6.45, 7) is 1.60. The fraction of sp³-hybridized carbons (Fsp3) is 0.455. The molecule has 1 aromatic carbocycles. The molecule has 0 saturated carbocycles. The van der Waals surface area contributed by atoms with Crippen LogP contribution in [0.1, 0.15) is 31.7 Å². The third-order valence-corrected chi connectivity index (χ3v) is 5.02. The van der Waals surface area contributed by atoms with Gasteiger partial charge < -0.3 is 49.1 Å². The zero-order valence-electron chi connectivity index (χ0n) is 20.3. The number of aliphatic imine (C=N–C) groups is 1. The first-order valence-electron chi connectivity index (χ1n) is 11.3. The van der Waals surface area contributed by atoms with Crippen LogP contribution in [0.5, 0.6) is 5.75 Å². The van der Waals surface area contributed by atoms with E-state index in [9.17, 15) is 34.2 Å². The number of nitrogens with one attached hydrogen (secondary N) is 3. The van der Waals surface area contributed by atoms with Crippen LogP contribution in [-0.2, 0) is 30.4 Å². The first kappa shape index (κ1) is 30.6. The minimum absolute atomic E-state index is 0.0272. The normalized spacial score (nSPS) is 13.8. The number of aliphatic carboxylic acids is 1. The fourth-order valence-corrected chi connectivity index (χ4v) is 3.10. The lowest BCUT2D eigenvalue weighted by Crippen LogP contribution is -2.57. The van der Waals surface area contributed by atoms with Gasteiger partial charge in [-0.3, -0.25) is 24.2 Å². The van der Waals surface area contributed by atoms with E-state index in [1.807, 2.05) is 0 Å². The van der Waals surface area contributed by atoms with Gasteiger partial charge >= 0.3 is 5.97 Å². The van der Waals surface area contributed by atoms with Crippen LogP contribution in [0.2, 0.25) is 0 Å². The molecule has 1 rings (SSSR count). The molecule has 15 heteroatoms. The van der Waals surface area contributed by atoms with Gasteiger partial charge in [-0.05, 0) is 37.5 Å². The maximum absolute atomic E-state index is 13.1. The standard InChI is InChI=1S/C22H34N8O7/c1-11(23)18(33)28-14(3-2-8-27-22(25)26)19(34)29-15(9-12-4-6-13(31)7-5-12)20(35)30-16(21(36)37)10-17(24)32/h4-7,11,14-16,31H,2-3,8-10,23H2,1H3,(H2,24,32)(H,28,33)(H,29,34)(H,30,35)(H,36,37)(H4,25,26,27). The zero-order chi connectivity index (χ0) is 28.1. The quantitative estimate of drug-likeness (QED) is 0.0630. The van der Waals surface area contributed by atoms with Crippen molar-refractivity contribution < 1.29 is 34.2 Å². The van der Waals surface area contributed by atoms with Crippen LogP contribution < -0.4 is 38.9 Å². The Kier molecular flexibility index (Phi) is 12.3. The molecule has 1 aromatic rings. The number of primary amides is 1. The number of nitrogens with zero attached hydrogens (tertiary/aromatic N) is 1. The van der Waals surface area contributed by atoms with Gasteiger partial charge in [-0.2, -0.15) is 0 Å². The molecule has 0 aliphatic heterocycles. The van der Waals surface area contributed by atoms with Crippen molar-refractivity contribution in [3.05, 3.63) is 29.8 Å². The Balaban J connectivity index is 3.16. The first-order chi connectivity index (χ1) is 17.3. The summed E-state index contributed by atoms with van der Waals surface area (Å²) >= 11 is 0. The molecule has 4 amide bonds. The molecule has 15 nitrogen and oxygen atoms in total. The molecule has 0 heterocycles. The van der Waals surface area contributed by atoms with Crippen LogP contribution in [0.4, 0.5) is 0 Å². The molecule has 0 bridgehead atoms. The van der Waals surface area contributed by atoms with Gasteiger partial charge in [-0.25, -0.2) is 4.79 Å². The number of nitrogens with two attached hydrogens (primary N) is 4. The van der Waals surface area contributed by atoms with Crippen LogP contribution in [0.25, 0.3) is 0 Å². The highest BCUT2D eigenvalue weighted by molar-refractivity contribution is 5.95. The summed E-state index contributed by atoms with van der Waals surface area (Å²) in [7, 11) is 0. The van der Waals surface area contributed by atoms with E-state index in [-0.39, 0.29) is 31.1 Å². The average Bonchev–Trinajstić information content (AvgIpc) is 2.80. The summed E-state index contributed by atoms with van der Waals surface area (Å²) in [6.07, 6.45) is -0.390. The minimum atomic E-state index is -1.63. The summed E-state index contributed by atoms with van der Waals surface area (Å²) in [5.74, 6) is -4.90. The van der Waals surface area contributed by atoms with E-state index in [0.29, 0.717) is 12.0 Å². The summed E-state index contributed by atoms with van der Waals surface area (Å²) < 4.78 is 0. The van der Waals surface area contributed by atoms with Gasteiger partial charge in [0.25, 0.3) is 0 Å². The van der Waals surface area contributed by atoms with Gasteiger partial charge in [0.1, 0.15) is 23.9 Å². The van der Waals surface area contributed by atoms with Crippen LogP contribution >= 0.6 is 0 Å². The van der Waals surface area contributed by atoms with Crippen molar-refractivity contribution in [3.63, 3.8) is 0 Å². The predicted molar refractivity (Wildman–Crippen MR) is 133 cm³/mol. The molecule has 0 fully saturated rings. The summed E-state index contributed by atoms with van der Waals surface area (Å²) in [5.41, 5.74) is 21.8. The number of rotatable bonds is 15. The lowest BCUT2D eigenvalue weighted by molar-refractivity contribution is -0.143. The van der Waals surface area contributed by atoms with Gasteiger partial charge in [0.05, 0.1) is 12.5 Å². The Morgan fingerprint density at radius 1 is 0.892 bits per heavy atom. The van der Waals surface area contributed by atoms with E-state index in [4.69, 9.17) is 22.9 Å². The first-order valence-corrected chi connectivity index (χ1v) is 11.3. The zero-order valence-corrected chi connectivity index (χ0v) is 20.3. The van der Waals surface area contributed by atoms with Gasteiger partial charge in [0.2, 0.25) is 23.6 Å². The van der Waals surface area contributed by atoms with E-state index in [2.05, 4.69) is 20.9 Å². The number of carboxylic acid groups (broad SMARTS) is 1. The van der Waals surface area contributed by atoms with Crippen molar-refractivity contribution >= 4 is 35.6 Å². The number of carbonyl (C=O) groups excluding carboxylic acids is 4. The molecule has 0 saturated heterocycles. The van der Waals surface area contributed by atoms with E-state index >= 15 is 0 Å². The van der Waals surface area contributed by atoms with Crippen LogP contribution in [0.3, 0.4) is 0 Å². The largest absolute Gasteiger partial charge is 0.508 e. The van der Waals surface area contributed by atoms with Crippen LogP contribution in [0, 0.1) is 0 Å². The summed E-state index contributed by atoms with van der Waals surface area (Å²) in [4.78, 5) is 64.8. The second-order valence-electron chi connectivity index (χ2n) is 8.30. The summed E-state index contributed by atoms with van der Waals surface area (Å²) in [6, 6.07) is 0.757. The smallest absolute Gasteiger partial charge is 0.326 e. The summed E-state index contributed by atoms with van der Waals surface area (Å²) in [5, 5.41) is 26.0. The molecular formula is C22H34N8O7. The van der Waals surface area contributed by atoms with E-state index in [1.54, 1.807) is 0 Å². The second kappa shape index (κ2) is 14.9. The highest BCUT2D eigenvalue weighted by Gasteiger charge is 2.30. The third kappa shape index (κ3) is 11.7. The van der Waals surface area contributed by atoms with Crippen molar-refractivity contribution in [2.24, 2.45) is 27.9 Å². The molecule has 4 unspecified atom stereocenters. The number of aromatic hydroxyl groups is 1. The van der Waals surface area contributed by atoms with E-state index < -0.39 is 60.2 Å². The molecule has 0 radical (unpaired) electrons.